The van der Waals surface area contributed by atoms with Crippen LogP contribution >= 0.6 is 0 Å². The van der Waals surface area contributed by atoms with Gasteiger partial charge in [-0.1, -0.05) is 19.3 Å². The van der Waals surface area contributed by atoms with Crippen molar-refractivity contribution in [3.05, 3.63) is 0 Å². The smallest absolute Gasteiger partial charge is 0.0170 e. The van der Waals surface area contributed by atoms with E-state index in [0.29, 0.717) is 0 Å². The fraction of sp³-hybridized carbons (Fsp3) is 1.00. The summed E-state index contributed by atoms with van der Waals surface area (Å²) in [5.74, 6) is 2.52. The number of hydrogen-bond acceptors (Lipinski definition) is 0. The lowest BCUT2D eigenvalue weighted by Gasteiger charge is -2.40. The normalized spacial score (nSPS) is 69.8. The van der Waals surface area contributed by atoms with Crippen LogP contribution < -0.4 is 0 Å². The Morgan fingerprint density at radius 3 is 2.64 bits per heavy atom. The molecule has 4 aliphatic carbocycles. The Morgan fingerprint density at radius 1 is 0.909 bits per heavy atom. The molecule has 0 radical (unpaired) electrons. The third-order valence-electron chi connectivity index (χ3n) is 5.55. The molecule has 1 spiro atoms. The van der Waals surface area contributed by atoms with Crippen LogP contribution in [0.4, 0.5) is 0 Å². The van der Waals surface area contributed by atoms with Crippen LogP contribution in [0.15, 0.2) is 0 Å². The zero-order chi connectivity index (χ0) is 7.10. The maximum Gasteiger partial charge on any atom is -0.0170 e. The number of rotatable bonds is 0. The topological polar surface area (TPSA) is 0 Å². The minimum Gasteiger partial charge on any atom is -0.0527 e. The average molecular weight is 148 g/mol. The fourth-order valence-electron chi connectivity index (χ4n) is 5.32. The van der Waals surface area contributed by atoms with Gasteiger partial charge in [0.2, 0.25) is 0 Å². The van der Waals surface area contributed by atoms with Gasteiger partial charge in [0.25, 0.3) is 0 Å². The highest BCUT2D eigenvalue weighted by Gasteiger charge is 2.93. The predicted octanol–water partition coefficient (Wildman–Crippen LogP) is 2.98. The summed E-state index contributed by atoms with van der Waals surface area (Å²) in [6.07, 6.45) is 11.2. The van der Waals surface area contributed by atoms with Gasteiger partial charge in [-0.2, -0.15) is 0 Å². The van der Waals surface area contributed by atoms with Crippen molar-refractivity contribution in [1.29, 1.82) is 0 Å². The van der Waals surface area contributed by atoms with Crippen molar-refractivity contribution in [2.45, 2.75) is 44.9 Å². The Balaban J connectivity index is 1.79. The van der Waals surface area contributed by atoms with Gasteiger partial charge in [-0.05, 0) is 48.3 Å². The summed E-state index contributed by atoms with van der Waals surface area (Å²) in [7, 11) is 0. The van der Waals surface area contributed by atoms with E-state index >= 15 is 0 Å². The van der Waals surface area contributed by atoms with E-state index in [4.69, 9.17) is 0 Å². The van der Waals surface area contributed by atoms with E-state index in [1.54, 1.807) is 44.9 Å². The molecule has 0 aliphatic heterocycles. The van der Waals surface area contributed by atoms with Gasteiger partial charge >= 0.3 is 0 Å². The largest absolute Gasteiger partial charge is 0.0527 e. The van der Waals surface area contributed by atoms with Crippen LogP contribution in [-0.4, -0.2) is 0 Å². The molecule has 4 atom stereocenters. The number of hydrogen-bond donors (Lipinski definition) is 0. The van der Waals surface area contributed by atoms with E-state index in [2.05, 4.69) is 0 Å². The van der Waals surface area contributed by atoms with Crippen LogP contribution in [0.2, 0.25) is 0 Å². The molecule has 0 amide bonds. The molecule has 4 saturated carbocycles. The summed E-state index contributed by atoms with van der Waals surface area (Å²) in [5, 5.41) is 0. The molecule has 4 aliphatic rings. The van der Waals surface area contributed by atoms with Crippen LogP contribution in [0.3, 0.4) is 0 Å². The van der Waals surface area contributed by atoms with Gasteiger partial charge in [0, 0.05) is 0 Å². The summed E-state index contributed by atoms with van der Waals surface area (Å²) in [5.41, 5.74) is 1.98. The second kappa shape index (κ2) is 1.30. The van der Waals surface area contributed by atoms with Gasteiger partial charge in [-0.3, -0.25) is 0 Å². The maximum atomic E-state index is 1.63. The lowest BCUT2D eigenvalue weighted by Crippen LogP contribution is -2.30. The third kappa shape index (κ3) is 0.346. The highest BCUT2D eigenvalue weighted by atomic mass is 15.0. The molecular weight excluding hydrogens is 132 g/mol. The van der Waals surface area contributed by atoms with Crippen molar-refractivity contribution in [2.24, 2.45) is 22.7 Å². The standard InChI is InChI=1S/C11H16/c1-2-7-11-8-4-3-6-10(11,5-1)9(8)11/h8-9H,1-7H2/t8-,9+,10+,11-/m1/s1. The van der Waals surface area contributed by atoms with Crippen LogP contribution in [0, 0.1) is 22.7 Å². The summed E-state index contributed by atoms with van der Waals surface area (Å²) in [6, 6.07) is 0. The molecular formula is C11H16. The van der Waals surface area contributed by atoms with Gasteiger partial charge in [-0.15, -0.1) is 0 Å². The van der Waals surface area contributed by atoms with Crippen molar-refractivity contribution < 1.29 is 0 Å². The van der Waals surface area contributed by atoms with E-state index in [0.717, 1.165) is 10.8 Å². The van der Waals surface area contributed by atoms with Gasteiger partial charge in [0.15, 0.2) is 0 Å². The molecule has 0 aromatic carbocycles. The van der Waals surface area contributed by atoms with Gasteiger partial charge in [0.05, 0.1) is 0 Å². The Kier molecular flexibility index (Phi) is 0.661. The van der Waals surface area contributed by atoms with Crippen molar-refractivity contribution in [2.75, 3.05) is 0 Å². The maximum absolute atomic E-state index is 1.63. The van der Waals surface area contributed by atoms with Crippen molar-refractivity contribution in [3.8, 4) is 0 Å². The molecule has 4 rings (SSSR count). The third-order valence-corrected chi connectivity index (χ3v) is 5.55. The molecule has 0 nitrogen and oxygen atoms in total. The Morgan fingerprint density at radius 2 is 1.73 bits per heavy atom. The first-order valence-electron chi connectivity index (χ1n) is 5.42. The zero-order valence-corrected chi connectivity index (χ0v) is 7.10. The molecule has 0 bridgehead atoms. The van der Waals surface area contributed by atoms with Crippen LogP contribution in [0.1, 0.15) is 44.9 Å². The lowest BCUT2D eigenvalue weighted by atomic mass is 9.65. The summed E-state index contributed by atoms with van der Waals surface area (Å²) >= 11 is 0. The first kappa shape index (κ1) is 5.61. The lowest BCUT2D eigenvalue weighted by molar-refractivity contribution is 0.0993. The molecule has 0 heterocycles. The van der Waals surface area contributed by atoms with E-state index in [1.165, 1.54) is 11.8 Å². The second-order valence-electron chi connectivity index (χ2n) is 5.38. The fourth-order valence-corrected chi connectivity index (χ4v) is 5.32. The molecule has 0 unspecified atom stereocenters. The molecule has 4 fully saturated rings. The van der Waals surface area contributed by atoms with Crippen LogP contribution in [-0.2, 0) is 0 Å². The Labute approximate surface area is 68.4 Å². The minimum atomic E-state index is 0.980. The highest BCUT2D eigenvalue weighted by Crippen LogP contribution is 2.99. The predicted molar refractivity (Wildman–Crippen MR) is 44.2 cm³/mol. The Bertz CT molecular complexity index is 212. The number of fused-ring (bicyclic) bond motifs is 1. The van der Waals surface area contributed by atoms with Crippen LogP contribution in [0.5, 0.6) is 0 Å². The molecule has 60 valence electrons. The highest BCUT2D eigenvalue weighted by molar-refractivity contribution is 5.41. The quantitative estimate of drug-likeness (QED) is 0.495. The first-order chi connectivity index (χ1) is 5.42. The first-order valence-corrected chi connectivity index (χ1v) is 5.42. The van der Waals surface area contributed by atoms with Gasteiger partial charge in [0.1, 0.15) is 0 Å². The van der Waals surface area contributed by atoms with Gasteiger partial charge < -0.3 is 0 Å². The van der Waals surface area contributed by atoms with Crippen molar-refractivity contribution in [1.82, 2.24) is 0 Å². The molecule has 0 saturated heterocycles. The summed E-state index contributed by atoms with van der Waals surface area (Å²) in [6.45, 7) is 0. The van der Waals surface area contributed by atoms with Crippen molar-refractivity contribution >= 4 is 0 Å². The van der Waals surface area contributed by atoms with E-state index in [1.807, 2.05) is 0 Å². The molecule has 0 aromatic heterocycles. The molecule has 0 aromatic rings. The molecule has 0 heteroatoms. The summed E-state index contributed by atoms with van der Waals surface area (Å²) in [4.78, 5) is 0. The van der Waals surface area contributed by atoms with Gasteiger partial charge in [-0.25, -0.2) is 0 Å². The second-order valence-corrected chi connectivity index (χ2v) is 5.38. The Hall–Kier alpha value is 0. The zero-order valence-electron chi connectivity index (χ0n) is 7.10. The van der Waals surface area contributed by atoms with Crippen molar-refractivity contribution in [3.63, 3.8) is 0 Å². The average Bonchev–Trinajstić information content (AvgIpc) is 2.89. The van der Waals surface area contributed by atoms with Crippen LogP contribution in [0.25, 0.3) is 0 Å². The summed E-state index contributed by atoms with van der Waals surface area (Å²) < 4.78 is 0. The van der Waals surface area contributed by atoms with E-state index in [9.17, 15) is 0 Å². The SMILES string of the molecule is C1CC[C@]23[C@@H]4CCC[C@@]2(C1)[C@H]43. The molecule has 0 N–H and O–H groups in total. The monoisotopic (exact) mass is 148 g/mol. The van der Waals surface area contributed by atoms with E-state index in [-0.39, 0.29) is 0 Å². The molecule has 11 heavy (non-hydrogen) atoms. The minimum absolute atomic E-state index is 0.980. The van der Waals surface area contributed by atoms with E-state index < -0.39 is 0 Å².